The largest absolute Gasteiger partial charge is 0.357 e. The Bertz CT molecular complexity index is 105. The Hall–Kier alpha value is 0.130. The first-order valence-corrected chi connectivity index (χ1v) is 2.89. The highest BCUT2D eigenvalue weighted by atomic mass is 127. The smallest absolute Gasteiger partial charge is 0.270 e. The molecule has 0 N–H and O–H groups in total. The summed E-state index contributed by atoms with van der Waals surface area (Å²) in [5.41, 5.74) is 0. The van der Waals surface area contributed by atoms with E-state index in [1.54, 1.807) is 0 Å². The number of rotatable bonds is 0. The summed E-state index contributed by atoms with van der Waals surface area (Å²) in [6.07, 6.45) is -0.868. The van der Waals surface area contributed by atoms with E-state index in [9.17, 15) is 4.39 Å². The fourth-order valence-electron chi connectivity index (χ4n) is 0.321. The van der Waals surface area contributed by atoms with E-state index < -0.39 is 6.36 Å². The van der Waals surface area contributed by atoms with E-state index in [1.807, 2.05) is 22.6 Å². The van der Waals surface area contributed by atoms with Crippen LogP contribution >= 0.6 is 22.6 Å². The molecule has 0 fully saturated rings. The third-order valence-corrected chi connectivity index (χ3v) is 1.23. The molecule has 1 rings (SSSR count). The van der Waals surface area contributed by atoms with Gasteiger partial charge in [0.25, 0.3) is 6.36 Å². The quantitative estimate of drug-likeness (QED) is 0.560. The van der Waals surface area contributed by atoms with Gasteiger partial charge < -0.3 is 4.84 Å². The summed E-state index contributed by atoms with van der Waals surface area (Å²) < 4.78 is 12.5. The second-order valence-electron chi connectivity index (χ2n) is 1.19. The zero-order chi connectivity index (χ0) is 5.28. The molecular formula is C3H3FINO. The van der Waals surface area contributed by atoms with Crippen molar-refractivity contribution in [1.29, 1.82) is 0 Å². The number of halogens is 2. The maximum Gasteiger partial charge on any atom is 0.270 e. The average molecular weight is 215 g/mol. The molecular weight excluding hydrogens is 212 g/mol. The molecule has 1 aliphatic rings. The van der Waals surface area contributed by atoms with Crippen LogP contribution in [0.4, 0.5) is 4.39 Å². The first kappa shape index (κ1) is 5.27. The lowest BCUT2D eigenvalue weighted by Crippen LogP contribution is -1.94. The maximum absolute atomic E-state index is 11.8. The van der Waals surface area contributed by atoms with Crippen LogP contribution < -0.4 is 0 Å². The first-order chi connectivity index (χ1) is 3.29. The first-order valence-electron chi connectivity index (χ1n) is 1.81. The van der Waals surface area contributed by atoms with Crippen LogP contribution in [0, 0.1) is 0 Å². The third kappa shape index (κ3) is 1.25. The van der Waals surface area contributed by atoms with Crippen molar-refractivity contribution in [2.75, 3.05) is 0 Å². The summed E-state index contributed by atoms with van der Waals surface area (Å²) in [5, 5.41) is 3.35. The van der Waals surface area contributed by atoms with Crippen LogP contribution in [0.3, 0.4) is 0 Å². The van der Waals surface area contributed by atoms with Gasteiger partial charge in [-0.2, -0.15) is 4.39 Å². The molecule has 0 saturated carbocycles. The van der Waals surface area contributed by atoms with Crippen molar-refractivity contribution >= 4 is 26.3 Å². The highest BCUT2D eigenvalue weighted by Gasteiger charge is 2.16. The Labute approximate surface area is 53.9 Å². The molecule has 0 saturated heterocycles. The monoisotopic (exact) mass is 215 g/mol. The van der Waals surface area contributed by atoms with Crippen molar-refractivity contribution in [3.63, 3.8) is 0 Å². The van der Waals surface area contributed by atoms with Crippen molar-refractivity contribution in [2.45, 2.75) is 12.8 Å². The number of hydrogen-bond acceptors (Lipinski definition) is 2. The van der Waals surface area contributed by atoms with Crippen molar-refractivity contribution in [1.82, 2.24) is 0 Å². The van der Waals surface area contributed by atoms with Gasteiger partial charge in [0, 0.05) is 0 Å². The molecule has 7 heavy (non-hydrogen) atoms. The molecule has 0 amide bonds. The molecule has 40 valence electrons. The number of oxime groups is 1. The summed E-state index contributed by atoms with van der Waals surface area (Å²) in [7, 11) is 0. The van der Waals surface area contributed by atoms with Crippen LogP contribution in [0.2, 0.25) is 0 Å². The molecule has 0 spiro atoms. The molecule has 4 heteroatoms. The Balaban J connectivity index is 2.42. The number of nitrogens with zero attached hydrogens (tertiary/aromatic N) is 1. The van der Waals surface area contributed by atoms with Gasteiger partial charge in [0.15, 0.2) is 0 Å². The van der Waals surface area contributed by atoms with E-state index in [1.165, 1.54) is 0 Å². The topological polar surface area (TPSA) is 21.6 Å². The second kappa shape index (κ2) is 1.94. The molecule has 0 aromatic rings. The Kier molecular flexibility index (Phi) is 1.46. The summed E-state index contributed by atoms with van der Waals surface area (Å²) in [4.78, 5) is 4.18. The second-order valence-corrected chi connectivity index (χ2v) is 2.43. The van der Waals surface area contributed by atoms with Gasteiger partial charge in [-0.3, -0.25) is 0 Å². The molecule has 2 nitrogen and oxygen atoms in total. The Morgan fingerprint density at radius 3 is 2.86 bits per heavy atom. The highest BCUT2D eigenvalue weighted by Crippen LogP contribution is 2.14. The van der Waals surface area contributed by atoms with Crippen LogP contribution in [0.5, 0.6) is 0 Å². The van der Waals surface area contributed by atoms with Gasteiger partial charge in [-0.15, -0.1) is 0 Å². The van der Waals surface area contributed by atoms with Crippen molar-refractivity contribution in [3.8, 4) is 0 Å². The molecule has 0 bridgehead atoms. The lowest BCUT2D eigenvalue weighted by molar-refractivity contribution is -0.0117. The predicted molar refractivity (Wildman–Crippen MR) is 32.1 cm³/mol. The molecule has 0 radical (unpaired) electrons. The molecule has 1 aliphatic heterocycles. The molecule has 0 aromatic heterocycles. The van der Waals surface area contributed by atoms with E-state index in [4.69, 9.17) is 0 Å². The number of hydrogen-bond donors (Lipinski definition) is 0. The zero-order valence-corrected chi connectivity index (χ0v) is 5.55. The predicted octanol–water partition coefficient (Wildman–Crippen LogP) is 1.45. The Morgan fingerprint density at radius 2 is 2.71 bits per heavy atom. The van der Waals surface area contributed by atoms with Crippen molar-refractivity contribution in [3.05, 3.63) is 0 Å². The van der Waals surface area contributed by atoms with Crippen LogP contribution in [-0.2, 0) is 4.84 Å². The van der Waals surface area contributed by atoms with Gasteiger partial charge >= 0.3 is 0 Å². The average Bonchev–Trinajstić information content (AvgIpc) is 1.87. The van der Waals surface area contributed by atoms with Crippen LogP contribution in [0.25, 0.3) is 0 Å². The van der Waals surface area contributed by atoms with Crippen LogP contribution in [0.1, 0.15) is 6.42 Å². The molecule has 0 aromatic carbocycles. The normalized spacial score (nSPS) is 29.4. The fourth-order valence-corrected chi connectivity index (χ4v) is 0.781. The minimum atomic E-state index is -1.19. The van der Waals surface area contributed by atoms with Gasteiger partial charge in [0.2, 0.25) is 0 Å². The molecule has 1 unspecified atom stereocenters. The van der Waals surface area contributed by atoms with E-state index in [2.05, 4.69) is 9.99 Å². The highest BCUT2D eigenvalue weighted by molar-refractivity contribution is 14.1. The van der Waals surface area contributed by atoms with E-state index in [-0.39, 0.29) is 0 Å². The summed E-state index contributed by atoms with van der Waals surface area (Å²) in [5.74, 6) is 0. The standard InChI is InChI=1S/C3H3FINO/c4-2-1-3(5)6-7-2/h2H,1H2. The number of alkyl halides is 1. The SMILES string of the molecule is FC1CC(I)=NO1. The van der Waals surface area contributed by atoms with Gasteiger partial charge in [0.05, 0.1) is 6.42 Å². The van der Waals surface area contributed by atoms with Gasteiger partial charge in [-0.05, 0) is 22.6 Å². The third-order valence-electron chi connectivity index (χ3n) is 0.595. The summed E-state index contributed by atoms with van der Waals surface area (Å²) >= 11 is 1.93. The maximum atomic E-state index is 11.8. The molecule has 0 aliphatic carbocycles. The minimum absolute atomic E-state index is 0.320. The van der Waals surface area contributed by atoms with Gasteiger partial charge in [-0.1, -0.05) is 5.16 Å². The lowest BCUT2D eigenvalue weighted by Gasteiger charge is -1.88. The minimum Gasteiger partial charge on any atom is -0.357 e. The van der Waals surface area contributed by atoms with Gasteiger partial charge in [-0.25, -0.2) is 0 Å². The van der Waals surface area contributed by atoms with E-state index in [0.717, 1.165) is 0 Å². The zero-order valence-electron chi connectivity index (χ0n) is 3.40. The fraction of sp³-hybridized carbons (Fsp3) is 0.667. The van der Waals surface area contributed by atoms with E-state index in [0.29, 0.717) is 10.1 Å². The van der Waals surface area contributed by atoms with Crippen molar-refractivity contribution in [2.24, 2.45) is 5.16 Å². The molecule has 1 heterocycles. The van der Waals surface area contributed by atoms with E-state index >= 15 is 0 Å². The Morgan fingerprint density at radius 1 is 2.00 bits per heavy atom. The van der Waals surface area contributed by atoms with Crippen molar-refractivity contribution < 1.29 is 9.23 Å². The van der Waals surface area contributed by atoms with Crippen LogP contribution in [-0.4, -0.2) is 10.1 Å². The lowest BCUT2D eigenvalue weighted by atomic mass is 10.5. The molecule has 1 atom stereocenters. The summed E-state index contributed by atoms with van der Waals surface area (Å²) in [6.45, 7) is 0. The van der Waals surface area contributed by atoms with Crippen LogP contribution in [0.15, 0.2) is 5.16 Å². The summed E-state index contributed by atoms with van der Waals surface area (Å²) in [6, 6.07) is 0. The van der Waals surface area contributed by atoms with Gasteiger partial charge in [0.1, 0.15) is 3.72 Å².